The second kappa shape index (κ2) is 5.68. The summed E-state index contributed by atoms with van der Waals surface area (Å²) in [7, 11) is 0. The fourth-order valence-corrected chi connectivity index (χ4v) is 2.84. The lowest BCUT2D eigenvalue weighted by molar-refractivity contribution is 0.0635. The Balaban J connectivity index is 2.28. The quantitative estimate of drug-likeness (QED) is 0.691. The molecule has 1 aromatic carbocycles. The van der Waals surface area contributed by atoms with Crippen LogP contribution in [-0.2, 0) is 0 Å². The minimum atomic E-state index is -0.0253. The third-order valence-electron chi connectivity index (χ3n) is 3.29. The molecule has 98 valence electrons. The van der Waals surface area contributed by atoms with Gasteiger partial charge in [0.25, 0.3) is 5.91 Å². The van der Waals surface area contributed by atoms with Gasteiger partial charge in [0, 0.05) is 18.2 Å². The number of likely N-dealkylation sites (tertiary alicyclic amines) is 1. The van der Waals surface area contributed by atoms with E-state index >= 15 is 0 Å². The van der Waals surface area contributed by atoms with Crippen LogP contribution in [0.4, 0.5) is 0 Å². The number of hydrogen-bond donors (Lipinski definition) is 0. The Bertz CT molecular complexity index is 452. The zero-order valence-corrected chi connectivity index (χ0v) is 12.3. The van der Waals surface area contributed by atoms with Crippen LogP contribution in [0.2, 0.25) is 15.1 Å². The molecule has 5 heteroatoms. The fourth-order valence-electron chi connectivity index (χ4n) is 2.24. The standard InChI is InChI=1S/C13H14Cl3NO/c1-8-4-2-3-5-17(8)13(18)9-6-10(14)12(16)11(15)7-9/h6-8H,2-5H2,1H3/t8-/m1/s1. The van der Waals surface area contributed by atoms with Crippen molar-refractivity contribution in [1.29, 1.82) is 0 Å². The molecular weight excluding hydrogens is 293 g/mol. The van der Waals surface area contributed by atoms with E-state index in [1.54, 1.807) is 12.1 Å². The molecule has 1 aliphatic rings. The molecule has 0 N–H and O–H groups in total. The van der Waals surface area contributed by atoms with E-state index in [0.717, 1.165) is 19.4 Å². The molecule has 0 unspecified atom stereocenters. The number of rotatable bonds is 1. The van der Waals surface area contributed by atoms with Crippen LogP contribution in [0.5, 0.6) is 0 Å². The van der Waals surface area contributed by atoms with Crippen LogP contribution in [0, 0.1) is 0 Å². The molecular formula is C13H14Cl3NO. The van der Waals surface area contributed by atoms with Crippen LogP contribution in [0.1, 0.15) is 36.5 Å². The SMILES string of the molecule is C[C@@H]1CCCCN1C(=O)c1cc(Cl)c(Cl)c(Cl)c1. The van der Waals surface area contributed by atoms with Crippen molar-refractivity contribution in [2.24, 2.45) is 0 Å². The van der Waals surface area contributed by atoms with Gasteiger partial charge in [0.2, 0.25) is 0 Å². The first-order valence-electron chi connectivity index (χ1n) is 5.96. The zero-order chi connectivity index (χ0) is 13.3. The second-order valence-electron chi connectivity index (χ2n) is 4.60. The topological polar surface area (TPSA) is 20.3 Å². The molecule has 0 saturated carbocycles. The van der Waals surface area contributed by atoms with E-state index in [4.69, 9.17) is 34.8 Å². The molecule has 2 nitrogen and oxygen atoms in total. The highest BCUT2D eigenvalue weighted by molar-refractivity contribution is 6.48. The van der Waals surface area contributed by atoms with E-state index in [2.05, 4.69) is 6.92 Å². The van der Waals surface area contributed by atoms with E-state index in [1.165, 1.54) is 6.42 Å². The van der Waals surface area contributed by atoms with Crippen molar-refractivity contribution in [3.63, 3.8) is 0 Å². The van der Waals surface area contributed by atoms with Gasteiger partial charge < -0.3 is 4.90 Å². The minimum absolute atomic E-state index is 0.0253. The first kappa shape index (κ1) is 14.0. The Hall–Kier alpha value is -0.440. The van der Waals surface area contributed by atoms with E-state index < -0.39 is 0 Å². The van der Waals surface area contributed by atoms with Crippen molar-refractivity contribution in [3.05, 3.63) is 32.8 Å². The highest BCUT2D eigenvalue weighted by Gasteiger charge is 2.25. The van der Waals surface area contributed by atoms with Crippen molar-refractivity contribution < 1.29 is 4.79 Å². The summed E-state index contributed by atoms with van der Waals surface area (Å²) < 4.78 is 0. The highest BCUT2D eigenvalue weighted by Crippen LogP contribution is 2.32. The van der Waals surface area contributed by atoms with Crippen LogP contribution < -0.4 is 0 Å². The molecule has 1 aromatic rings. The zero-order valence-electron chi connectivity index (χ0n) is 10.0. The van der Waals surface area contributed by atoms with Gasteiger partial charge in [0.05, 0.1) is 15.1 Å². The molecule has 1 saturated heterocycles. The molecule has 1 amide bonds. The second-order valence-corrected chi connectivity index (χ2v) is 5.79. The van der Waals surface area contributed by atoms with Crippen molar-refractivity contribution >= 4 is 40.7 Å². The average Bonchev–Trinajstić information content (AvgIpc) is 2.35. The van der Waals surface area contributed by atoms with Gasteiger partial charge in [-0.05, 0) is 38.3 Å². The molecule has 0 aliphatic carbocycles. The maximum Gasteiger partial charge on any atom is 0.254 e. The smallest absolute Gasteiger partial charge is 0.254 e. The van der Waals surface area contributed by atoms with Gasteiger partial charge in [0.1, 0.15) is 0 Å². The van der Waals surface area contributed by atoms with Gasteiger partial charge in [-0.3, -0.25) is 4.79 Å². The summed E-state index contributed by atoms with van der Waals surface area (Å²) in [4.78, 5) is 14.3. The van der Waals surface area contributed by atoms with E-state index in [1.807, 2.05) is 4.90 Å². The molecule has 2 rings (SSSR count). The molecule has 1 aliphatic heterocycles. The Kier molecular flexibility index (Phi) is 4.41. The largest absolute Gasteiger partial charge is 0.336 e. The number of benzene rings is 1. The van der Waals surface area contributed by atoms with Crippen LogP contribution in [0.25, 0.3) is 0 Å². The van der Waals surface area contributed by atoms with E-state index in [9.17, 15) is 4.79 Å². The summed E-state index contributed by atoms with van der Waals surface area (Å²) in [5.41, 5.74) is 0.503. The summed E-state index contributed by atoms with van der Waals surface area (Å²) in [6.07, 6.45) is 3.26. The maximum atomic E-state index is 12.4. The Morgan fingerprint density at radius 2 is 1.83 bits per heavy atom. The average molecular weight is 307 g/mol. The number of carbonyl (C=O) groups is 1. The molecule has 1 heterocycles. The highest BCUT2D eigenvalue weighted by atomic mass is 35.5. The van der Waals surface area contributed by atoms with Crippen molar-refractivity contribution in [2.75, 3.05) is 6.54 Å². The Labute approximate surface area is 122 Å². The van der Waals surface area contributed by atoms with Crippen molar-refractivity contribution in [2.45, 2.75) is 32.2 Å². The molecule has 0 spiro atoms. The minimum Gasteiger partial charge on any atom is -0.336 e. The number of amides is 1. The maximum absolute atomic E-state index is 12.4. The lowest BCUT2D eigenvalue weighted by Crippen LogP contribution is -2.42. The van der Waals surface area contributed by atoms with Gasteiger partial charge in [0.15, 0.2) is 0 Å². The predicted octanol–water partition coefficient (Wildman–Crippen LogP) is 4.66. The summed E-state index contributed by atoms with van der Waals surface area (Å²) in [6, 6.07) is 3.43. The van der Waals surface area contributed by atoms with Crippen LogP contribution in [-0.4, -0.2) is 23.4 Å². The van der Waals surface area contributed by atoms with Gasteiger partial charge in [-0.25, -0.2) is 0 Å². The van der Waals surface area contributed by atoms with Crippen LogP contribution in [0.3, 0.4) is 0 Å². The number of halogens is 3. The number of piperidine rings is 1. The molecule has 0 aromatic heterocycles. The summed E-state index contributed by atoms with van der Waals surface area (Å²) in [5.74, 6) is -0.0253. The van der Waals surface area contributed by atoms with E-state index in [-0.39, 0.29) is 11.9 Å². The predicted molar refractivity (Wildman–Crippen MR) is 75.8 cm³/mol. The summed E-state index contributed by atoms with van der Waals surface area (Å²) >= 11 is 17.8. The van der Waals surface area contributed by atoms with Gasteiger partial charge in [-0.15, -0.1) is 0 Å². The van der Waals surface area contributed by atoms with Crippen LogP contribution >= 0.6 is 34.8 Å². The third-order valence-corrected chi connectivity index (χ3v) is 4.49. The first-order valence-corrected chi connectivity index (χ1v) is 7.09. The molecule has 18 heavy (non-hydrogen) atoms. The van der Waals surface area contributed by atoms with Crippen molar-refractivity contribution in [1.82, 2.24) is 4.90 Å². The summed E-state index contributed by atoms with van der Waals surface area (Å²) in [5, 5.41) is 0.927. The molecule has 1 atom stereocenters. The number of carbonyl (C=O) groups excluding carboxylic acids is 1. The Morgan fingerprint density at radius 1 is 1.22 bits per heavy atom. The molecule has 0 bridgehead atoms. The van der Waals surface area contributed by atoms with Crippen LogP contribution in [0.15, 0.2) is 12.1 Å². The van der Waals surface area contributed by atoms with E-state index in [0.29, 0.717) is 20.6 Å². The first-order chi connectivity index (χ1) is 8.50. The van der Waals surface area contributed by atoms with Crippen molar-refractivity contribution in [3.8, 4) is 0 Å². The third kappa shape index (κ3) is 2.76. The van der Waals surface area contributed by atoms with Gasteiger partial charge in [-0.1, -0.05) is 34.8 Å². The number of nitrogens with zero attached hydrogens (tertiary/aromatic N) is 1. The normalized spacial score (nSPS) is 20.0. The van der Waals surface area contributed by atoms with Gasteiger partial charge >= 0.3 is 0 Å². The number of hydrogen-bond acceptors (Lipinski definition) is 1. The monoisotopic (exact) mass is 305 g/mol. The molecule has 0 radical (unpaired) electrons. The fraction of sp³-hybridized carbons (Fsp3) is 0.462. The lowest BCUT2D eigenvalue weighted by Gasteiger charge is -2.33. The van der Waals surface area contributed by atoms with Gasteiger partial charge in [-0.2, -0.15) is 0 Å². The summed E-state index contributed by atoms with van der Waals surface area (Å²) in [6.45, 7) is 2.86. The lowest BCUT2D eigenvalue weighted by atomic mass is 10.0. The molecule has 1 fully saturated rings. The Morgan fingerprint density at radius 3 is 2.39 bits per heavy atom.